The van der Waals surface area contributed by atoms with Gasteiger partial charge in [-0.1, -0.05) is 91.0 Å². The molecule has 0 spiro atoms. The van der Waals surface area contributed by atoms with Crippen LogP contribution in [0.5, 0.6) is 0 Å². The van der Waals surface area contributed by atoms with E-state index in [2.05, 4.69) is 48.5 Å². The lowest BCUT2D eigenvalue weighted by Gasteiger charge is -2.19. The van der Waals surface area contributed by atoms with Gasteiger partial charge in [0, 0.05) is 5.56 Å². The molecule has 5 aromatic carbocycles. The standard InChI is InChI=1S/C25H18O/c26-25(23-15-7-11-17-8-1-4-12-20(17)23)24-21-13-5-2-9-18(21)16-19-10-3-6-14-22(19)24/h1-16,25-26H. The first-order chi connectivity index (χ1) is 12.8. The second kappa shape index (κ2) is 5.98. The second-order valence-corrected chi connectivity index (χ2v) is 6.70. The third-order valence-electron chi connectivity index (χ3n) is 5.20. The first-order valence-electron chi connectivity index (χ1n) is 8.89. The highest BCUT2D eigenvalue weighted by molar-refractivity contribution is 6.03. The van der Waals surface area contributed by atoms with Gasteiger partial charge >= 0.3 is 0 Å². The largest absolute Gasteiger partial charge is 0.384 e. The van der Waals surface area contributed by atoms with E-state index in [0.717, 1.165) is 43.4 Å². The lowest BCUT2D eigenvalue weighted by molar-refractivity contribution is 0.225. The van der Waals surface area contributed by atoms with Crippen LogP contribution in [0, 0.1) is 0 Å². The van der Waals surface area contributed by atoms with E-state index in [1.807, 2.05) is 48.5 Å². The van der Waals surface area contributed by atoms with Crippen molar-refractivity contribution in [2.45, 2.75) is 6.10 Å². The molecular formula is C25H18O. The van der Waals surface area contributed by atoms with E-state index >= 15 is 0 Å². The molecule has 26 heavy (non-hydrogen) atoms. The maximum atomic E-state index is 11.5. The van der Waals surface area contributed by atoms with Crippen LogP contribution in [-0.4, -0.2) is 5.11 Å². The van der Waals surface area contributed by atoms with E-state index in [9.17, 15) is 5.11 Å². The third kappa shape index (κ3) is 2.29. The predicted octanol–water partition coefficient (Wildman–Crippen LogP) is 6.23. The molecule has 124 valence electrons. The molecule has 1 N–H and O–H groups in total. The Balaban J connectivity index is 1.87. The van der Waals surface area contributed by atoms with Gasteiger partial charge in [0.25, 0.3) is 0 Å². The van der Waals surface area contributed by atoms with Crippen molar-refractivity contribution < 1.29 is 5.11 Å². The van der Waals surface area contributed by atoms with Gasteiger partial charge in [0.1, 0.15) is 6.10 Å². The number of hydrogen-bond acceptors (Lipinski definition) is 1. The highest BCUT2D eigenvalue weighted by Gasteiger charge is 2.19. The zero-order valence-electron chi connectivity index (χ0n) is 14.3. The molecule has 0 aliphatic carbocycles. The molecule has 0 fully saturated rings. The average molecular weight is 334 g/mol. The van der Waals surface area contributed by atoms with Gasteiger partial charge in [0.2, 0.25) is 0 Å². The number of benzene rings is 5. The smallest absolute Gasteiger partial charge is 0.106 e. The highest BCUT2D eigenvalue weighted by atomic mass is 16.3. The minimum absolute atomic E-state index is 0.683. The number of rotatable bonds is 2. The zero-order chi connectivity index (χ0) is 17.5. The fraction of sp³-hybridized carbons (Fsp3) is 0.0400. The minimum atomic E-state index is -0.683. The van der Waals surface area contributed by atoms with Crippen molar-refractivity contribution >= 4 is 32.3 Å². The van der Waals surface area contributed by atoms with Gasteiger partial charge in [0.15, 0.2) is 0 Å². The Morgan fingerprint density at radius 1 is 0.500 bits per heavy atom. The van der Waals surface area contributed by atoms with Gasteiger partial charge in [0.05, 0.1) is 0 Å². The van der Waals surface area contributed by atoms with Gasteiger partial charge in [-0.2, -0.15) is 0 Å². The fourth-order valence-corrected chi connectivity index (χ4v) is 3.99. The summed E-state index contributed by atoms with van der Waals surface area (Å²) in [7, 11) is 0. The number of hydrogen-bond donors (Lipinski definition) is 1. The van der Waals surface area contributed by atoms with Crippen molar-refractivity contribution in [3.8, 4) is 0 Å². The van der Waals surface area contributed by atoms with Crippen molar-refractivity contribution in [1.29, 1.82) is 0 Å². The van der Waals surface area contributed by atoms with Gasteiger partial charge in [-0.05, 0) is 43.9 Å². The summed E-state index contributed by atoms with van der Waals surface area (Å²) < 4.78 is 0. The summed E-state index contributed by atoms with van der Waals surface area (Å²) >= 11 is 0. The van der Waals surface area contributed by atoms with Crippen LogP contribution in [0.1, 0.15) is 17.2 Å². The summed E-state index contributed by atoms with van der Waals surface area (Å²) in [6, 6.07) is 33.2. The van der Waals surface area contributed by atoms with Crippen molar-refractivity contribution in [1.82, 2.24) is 0 Å². The molecule has 1 nitrogen and oxygen atoms in total. The molecule has 5 aromatic rings. The van der Waals surface area contributed by atoms with E-state index in [-0.39, 0.29) is 0 Å². The molecular weight excluding hydrogens is 316 g/mol. The molecule has 1 heteroatoms. The van der Waals surface area contributed by atoms with Gasteiger partial charge < -0.3 is 5.11 Å². The van der Waals surface area contributed by atoms with E-state index in [0.29, 0.717) is 0 Å². The monoisotopic (exact) mass is 334 g/mol. The van der Waals surface area contributed by atoms with E-state index < -0.39 is 6.10 Å². The average Bonchev–Trinajstić information content (AvgIpc) is 2.71. The normalized spacial score (nSPS) is 12.7. The van der Waals surface area contributed by atoms with E-state index in [4.69, 9.17) is 0 Å². The molecule has 1 atom stereocenters. The molecule has 0 amide bonds. The third-order valence-corrected chi connectivity index (χ3v) is 5.20. The van der Waals surface area contributed by atoms with E-state index in [1.165, 1.54) is 0 Å². The Kier molecular flexibility index (Phi) is 3.48. The molecule has 0 heterocycles. The Morgan fingerprint density at radius 2 is 1.00 bits per heavy atom. The fourth-order valence-electron chi connectivity index (χ4n) is 3.99. The van der Waals surface area contributed by atoms with Crippen LogP contribution >= 0.6 is 0 Å². The Bertz CT molecular complexity index is 1190. The summed E-state index contributed by atoms with van der Waals surface area (Å²) in [5, 5.41) is 18.2. The Labute approximate surface area is 152 Å². The zero-order valence-corrected chi connectivity index (χ0v) is 14.3. The molecule has 0 saturated carbocycles. The summed E-state index contributed by atoms with van der Waals surface area (Å²) in [4.78, 5) is 0. The highest BCUT2D eigenvalue weighted by Crippen LogP contribution is 2.37. The first kappa shape index (κ1) is 15.1. The summed E-state index contributed by atoms with van der Waals surface area (Å²) in [6.07, 6.45) is -0.683. The predicted molar refractivity (Wildman–Crippen MR) is 109 cm³/mol. The minimum Gasteiger partial charge on any atom is -0.384 e. The number of aliphatic hydroxyl groups excluding tert-OH is 1. The van der Waals surface area contributed by atoms with Crippen LogP contribution in [0.4, 0.5) is 0 Å². The van der Waals surface area contributed by atoms with Crippen molar-refractivity contribution in [2.24, 2.45) is 0 Å². The van der Waals surface area contributed by atoms with E-state index in [1.54, 1.807) is 0 Å². The van der Waals surface area contributed by atoms with Gasteiger partial charge in [-0.25, -0.2) is 0 Å². The summed E-state index contributed by atoms with van der Waals surface area (Å²) in [6.45, 7) is 0. The lowest BCUT2D eigenvalue weighted by Crippen LogP contribution is -2.03. The molecule has 1 unspecified atom stereocenters. The molecule has 0 aromatic heterocycles. The van der Waals surface area contributed by atoms with Crippen LogP contribution in [-0.2, 0) is 0 Å². The van der Waals surface area contributed by atoms with Gasteiger partial charge in [-0.3, -0.25) is 0 Å². The quantitative estimate of drug-likeness (QED) is 0.379. The number of fused-ring (bicyclic) bond motifs is 3. The maximum Gasteiger partial charge on any atom is 0.106 e. The number of aliphatic hydroxyl groups is 1. The molecule has 0 aliphatic heterocycles. The van der Waals surface area contributed by atoms with Gasteiger partial charge in [-0.15, -0.1) is 0 Å². The van der Waals surface area contributed by atoms with Crippen molar-refractivity contribution in [3.63, 3.8) is 0 Å². The van der Waals surface area contributed by atoms with Crippen LogP contribution in [0.2, 0.25) is 0 Å². The van der Waals surface area contributed by atoms with Crippen LogP contribution in [0.15, 0.2) is 97.1 Å². The van der Waals surface area contributed by atoms with Crippen molar-refractivity contribution in [2.75, 3.05) is 0 Å². The van der Waals surface area contributed by atoms with Crippen LogP contribution in [0.25, 0.3) is 32.3 Å². The van der Waals surface area contributed by atoms with Crippen molar-refractivity contribution in [3.05, 3.63) is 108 Å². The molecule has 0 aliphatic rings. The first-order valence-corrected chi connectivity index (χ1v) is 8.89. The summed E-state index contributed by atoms with van der Waals surface area (Å²) in [5.74, 6) is 0. The molecule has 5 rings (SSSR count). The Morgan fingerprint density at radius 3 is 1.65 bits per heavy atom. The molecule has 0 bridgehead atoms. The molecule has 0 radical (unpaired) electrons. The topological polar surface area (TPSA) is 20.2 Å². The summed E-state index contributed by atoms with van der Waals surface area (Å²) in [5.41, 5.74) is 1.93. The van der Waals surface area contributed by atoms with Crippen LogP contribution < -0.4 is 0 Å². The second-order valence-electron chi connectivity index (χ2n) is 6.70. The molecule has 0 saturated heterocycles. The Hall–Kier alpha value is -3.16. The van der Waals surface area contributed by atoms with Crippen LogP contribution in [0.3, 0.4) is 0 Å². The SMILES string of the molecule is OC(c1cccc2ccccc12)c1c2ccccc2cc2ccccc12. The maximum absolute atomic E-state index is 11.5. The lowest BCUT2D eigenvalue weighted by atomic mass is 9.89.